The number of hydrogen-bond donors (Lipinski definition) is 1. The van der Waals surface area contributed by atoms with E-state index in [2.05, 4.69) is 5.11 Å². The molecule has 0 amide bonds. The molecule has 0 aromatic heterocycles. The molecule has 0 saturated heterocycles. The van der Waals surface area contributed by atoms with Crippen LogP contribution in [0.1, 0.15) is 38.5 Å². The van der Waals surface area contributed by atoms with Crippen molar-refractivity contribution in [2.45, 2.75) is 38.5 Å². The smallest absolute Gasteiger partial charge is 0.309 e. The van der Waals surface area contributed by atoms with E-state index in [0.29, 0.717) is 0 Å². The molecule has 4 aliphatic carbocycles. The van der Waals surface area contributed by atoms with Crippen LogP contribution in [0.3, 0.4) is 0 Å². The molecule has 4 rings (SSSR count). The zero-order valence-electron chi connectivity index (χ0n) is 8.79. The molecule has 0 aliphatic heterocycles. The molecule has 1 N–H and O–H groups in total. The van der Waals surface area contributed by atoms with Crippen LogP contribution in [0.2, 0.25) is 0 Å². The van der Waals surface area contributed by atoms with Gasteiger partial charge in [-0.1, -0.05) is 0 Å². The molecule has 4 aliphatic rings. The minimum absolute atomic E-state index is 0.240. The first-order valence-electron chi connectivity index (χ1n) is 5.80. The Morgan fingerprint density at radius 1 is 1.15 bits per heavy atom. The lowest BCUT2D eigenvalue weighted by Crippen LogP contribution is -2.49. The summed E-state index contributed by atoms with van der Waals surface area (Å²) in [6, 6.07) is 0. The number of rotatable bonds is 1. The molecular weight excluding hydrogens is 164 g/mol. The van der Waals surface area contributed by atoms with Gasteiger partial charge in [0.1, 0.15) is 0 Å². The van der Waals surface area contributed by atoms with Crippen molar-refractivity contribution >= 4 is 5.97 Å². The largest absolute Gasteiger partial charge is 0.481 e. The van der Waals surface area contributed by atoms with Gasteiger partial charge in [0, 0.05) is 0 Å². The van der Waals surface area contributed by atoms with Gasteiger partial charge in [-0.05, 0) is 56.3 Å². The second kappa shape index (κ2) is 2.28. The SMILES string of the molecule is [2H]OC(=O)C12CC3CC(CC(C3)C1)C2. The third kappa shape index (κ3) is 0.976. The molecule has 0 atom stereocenters. The van der Waals surface area contributed by atoms with Crippen LogP contribution in [0.15, 0.2) is 0 Å². The lowest BCUT2D eigenvalue weighted by molar-refractivity contribution is -0.164. The highest BCUT2D eigenvalue weighted by atomic mass is 16.4. The fourth-order valence-electron chi connectivity index (χ4n) is 4.36. The van der Waals surface area contributed by atoms with Gasteiger partial charge in [-0.2, -0.15) is 0 Å². The average molecular weight is 181 g/mol. The minimum atomic E-state index is -0.253. The summed E-state index contributed by atoms with van der Waals surface area (Å²) in [6.45, 7) is 0. The number of carboxylic acid groups (broad SMARTS) is 1. The summed E-state index contributed by atoms with van der Waals surface area (Å²) in [5.74, 6) is 2.00. The van der Waals surface area contributed by atoms with Gasteiger partial charge in [-0.25, -0.2) is 0 Å². The number of hydrogen-bond acceptors (Lipinski definition) is 2. The third-order valence-corrected chi connectivity index (χ3v) is 4.47. The maximum absolute atomic E-state index is 11.7. The van der Waals surface area contributed by atoms with Crippen molar-refractivity contribution in [3.05, 3.63) is 0 Å². The van der Waals surface area contributed by atoms with Gasteiger partial charge in [-0.15, -0.1) is 0 Å². The van der Waals surface area contributed by atoms with Crippen molar-refractivity contribution in [3.8, 4) is 0 Å². The lowest BCUT2D eigenvalue weighted by Gasteiger charge is -2.54. The van der Waals surface area contributed by atoms with E-state index in [9.17, 15) is 4.79 Å². The average Bonchev–Trinajstić information content (AvgIpc) is 2.14. The normalized spacial score (nSPS) is 53.2. The quantitative estimate of drug-likeness (QED) is 0.674. The van der Waals surface area contributed by atoms with Crippen LogP contribution in [0, 0.1) is 23.2 Å². The summed E-state index contributed by atoms with van der Waals surface area (Å²) < 4.78 is 6.79. The van der Waals surface area contributed by atoms with Crippen molar-refractivity contribution in [2.24, 2.45) is 23.2 Å². The zero-order valence-corrected chi connectivity index (χ0v) is 7.79. The van der Waals surface area contributed by atoms with E-state index in [1.54, 1.807) is 0 Å². The highest BCUT2D eigenvalue weighted by Crippen LogP contribution is 2.59. The zero-order chi connectivity index (χ0) is 9.76. The van der Waals surface area contributed by atoms with Crippen molar-refractivity contribution in [3.63, 3.8) is 0 Å². The Hall–Kier alpha value is -0.530. The second-order valence-electron chi connectivity index (χ2n) is 5.49. The molecular formula is C11H16O2. The number of carbonyl (C=O) groups is 1. The topological polar surface area (TPSA) is 37.3 Å². The van der Waals surface area contributed by atoms with E-state index >= 15 is 0 Å². The molecule has 4 saturated carbocycles. The Labute approximate surface area is 79.8 Å². The molecule has 72 valence electrons. The lowest BCUT2D eigenvalue weighted by atomic mass is 9.49. The predicted octanol–water partition coefficient (Wildman–Crippen LogP) is 2.29. The standard InChI is InChI=1S/C11H16O2/c12-10(13)11-4-7-1-8(5-11)3-9(2-7)6-11/h7-9H,1-6H2,(H,12,13)/i/hD. The monoisotopic (exact) mass is 181 g/mol. The Morgan fingerprint density at radius 2 is 1.62 bits per heavy atom. The first-order valence-corrected chi connectivity index (χ1v) is 5.39. The number of carboxylic acids is 1. The maximum Gasteiger partial charge on any atom is 0.309 e. The minimum Gasteiger partial charge on any atom is -0.481 e. The van der Waals surface area contributed by atoms with E-state index < -0.39 is 0 Å². The van der Waals surface area contributed by atoms with Crippen LogP contribution in [-0.2, 0) is 4.79 Å². The Balaban J connectivity index is 1.91. The fraction of sp³-hybridized carbons (Fsp3) is 0.909. The van der Waals surface area contributed by atoms with Crippen LogP contribution < -0.4 is 0 Å². The molecule has 0 unspecified atom stereocenters. The molecule has 2 heteroatoms. The van der Waals surface area contributed by atoms with Gasteiger partial charge in [0.2, 0.25) is 0 Å². The molecule has 0 aromatic rings. The van der Waals surface area contributed by atoms with E-state index in [1.807, 2.05) is 0 Å². The van der Waals surface area contributed by atoms with E-state index in [4.69, 9.17) is 1.43 Å². The molecule has 0 spiro atoms. The Morgan fingerprint density at radius 3 is 2.00 bits per heavy atom. The summed E-state index contributed by atoms with van der Waals surface area (Å²) >= 11 is 0. The highest BCUT2D eigenvalue weighted by Gasteiger charge is 2.54. The van der Waals surface area contributed by atoms with E-state index in [1.165, 1.54) is 19.3 Å². The van der Waals surface area contributed by atoms with Crippen LogP contribution >= 0.6 is 0 Å². The van der Waals surface area contributed by atoms with Crippen LogP contribution in [0.5, 0.6) is 0 Å². The van der Waals surface area contributed by atoms with Gasteiger partial charge < -0.3 is 5.11 Å². The summed E-state index contributed by atoms with van der Waals surface area (Å²) in [5, 5.41) is 4.25. The van der Waals surface area contributed by atoms with E-state index in [0.717, 1.165) is 37.0 Å². The highest BCUT2D eigenvalue weighted by molar-refractivity contribution is 5.75. The maximum atomic E-state index is 11.7. The van der Waals surface area contributed by atoms with Crippen molar-refractivity contribution in [1.82, 2.24) is 0 Å². The third-order valence-electron chi connectivity index (χ3n) is 4.47. The predicted molar refractivity (Wildman–Crippen MR) is 48.2 cm³/mol. The summed E-state index contributed by atoms with van der Waals surface area (Å²) in [7, 11) is 0. The molecule has 0 aromatic carbocycles. The van der Waals surface area contributed by atoms with Crippen molar-refractivity contribution < 1.29 is 9.90 Å². The molecule has 0 heterocycles. The van der Waals surface area contributed by atoms with Gasteiger partial charge in [-0.3, -0.25) is 4.79 Å². The fourth-order valence-corrected chi connectivity index (χ4v) is 4.36. The van der Waals surface area contributed by atoms with Crippen molar-refractivity contribution in [1.29, 1.82) is 1.43 Å². The van der Waals surface area contributed by atoms with Crippen LogP contribution in [0.4, 0.5) is 0 Å². The van der Waals surface area contributed by atoms with Gasteiger partial charge >= 0.3 is 5.97 Å². The molecule has 13 heavy (non-hydrogen) atoms. The Bertz CT molecular complexity index is 239. The molecule has 4 bridgehead atoms. The van der Waals surface area contributed by atoms with Crippen LogP contribution in [-0.4, -0.2) is 11.1 Å². The van der Waals surface area contributed by atoms with Gasteiger partial charge in [0.25, 0.3) is 1.43 Å². The summed E-state index contributed by atoms with van der Waals surface area (Å²) in [6.07, 6.45) is 6.96. The van der Waals surface area contributed by atoms with E-state index in [-0.39, 0.29) is 11.4 Å². The first kappa shape index (κ1) is 6.86. The van der Waals surface area contributed by atoms with Gasteiger partial charge in [0.15, 0.2) is 0 Å². The first-order chi connectivity index (χ1) is 6.72. The second-order valence-corrected chi connectivity index (χ2v) is 5.49. The molecule has 2 nitrogen and oxygen atoms in total. The number of aliphatic carboxylic acids is 1. The van der Waals surface area contributed by atoms with Crippen molar-refractivity contribution in [2.75, 3.05) is 0 Å². The van der Waals surface area contributed by atoms with Gasteiger partial charge in [0.05, 0.1) is 5.41 Å². The van der Waals surface area contributed by atoms with Crippen LogP contribution in [0.25, 0.3) is 1.43 Å². The summed E-state index contributed by atoms with van der Waals surface area (Å²) in [5.41, 5.74) is -0.240. The Kier molecular flexibility index (Phi) is 1.20. The summed E-state index contributed by atoms with van der Waals surface area (Å²) in [4.78, 5) is 11.7. The molecule has 4 fully saturated rings. The molecule has 0 radical (unpaired) electrons.